The van der Waals surface area contributed by atoms with Crippen molar-refractivity contribution in [2.45, 2.75) is 0 Å². The highest BCUT2D eigenvalue weighted by Gasteiger charge is 2.08. The van der Waals surface area contributed by atoms with Crippen molar-refractivity contribution < 1.29 is 4.79 Å². The van der Waals surface area contributed by atoms with Crippen LogP contribution in [0.25, 0.3) is 0 Å². The molecule has 5 heteroatoms. The number of hydrogen-bond donors (Lipinski definition) is 3. The number of likely N-dealkylation sites (N-methyl/N-ethyl adjacent to an activating group) is 1. The van der Waals surface area contributed by atoms with Crippen molar-refractivity contribution in [1.82, 2.24) is 4.90 Å². The second-order valence-electron chi connectivity index (χ2n) is 3.23. The average Bonchev–Trinajstić information content (AvgIpc) is 2.21. The van der Waals surface area contributed by atoms with Gasteiger partial charge in [0.15, 0.2) is 0 Å². The van der Waals surface area contributed by atoms with Crippen LogP contribution in [0.1, 0.15) is 0 Å². The first-order chi connectivity index (χ1) is 7.15. The second-order valence-corrected chi connectivity index (χ2v) is 3.23. The summed E-state index contributed by atoms with van der Waals surface area (Å²) in [5.41, 5.74) is 12.2. The number of nitrogens with two attached hydrogens (primary N) is 2. The Morgan fingerprint density at radius 2 is 2.13 bits per heavy atom. The van der Waals surface area contributed by atoms with Gasteiger partial charge in [0.25, 0.3) is 0 Å². The van der Waals surface area contributed by atoms with E-state index in [2.05, 4.69) is 5.32 Å². The number of anilines is 2. The molecule has 2 amide bonds. The molecule has 0 aliphatic rings. The fourth-order valence-corrected chi connectivity index (χ4v) is 1.12. The van der Waals surface area contributed by atoms with Crippen LogP contribution in [0.2, 0.25) is 0 Å². The van der Waals surface area contributed by atoms with Gasteiger partial charge in [-0.1, -0.05) is 12.1 Å². The van der Waals surface area contributed by atoms with Gasteiger partial charge in [-0.15, -0.1) is 0 Å². The van der Waals surface area contributed by atoms with Crippen LogP contribution in [0.4, 0.5) is 16.2 Å². The number of urea groups is 1. The zero-order chi connectivity index (χ0) is 11.3. The van der Waals surface area contributed by atoms with Gasteiger partial charge >= 0.3 is 6.03 Å². The molecule has 5 N–H and O–H groups in total. The number of nitrogens with one attached hydrogen (secondary N) is 1. The number of benzene rings is 1. The number of carbonyl (C=O) groups is 1. The molecule has 0 fully saturated rings. The summed E-state index contributed by atoms with van der Waals surface area (Å²) in [6.45, 7) is 0.951. The summed E-state index contributed by atoms with van der Waals surface area (Å²) in [5, 5.41) is 2.70. The predicted molar refractivity (Wildman–Crippen MR) is 61.6 cm³/mol. The van der Waals surface area contributed by atoms with Crippen LogP contribution in [0, 0.1) is 0 Å². The van der Waals surface area contributed by atoms with E-state index in [0.717, 1.165) is 0 Å². The highest BCUT2D eigenvalue weighted by molar-refractivity contribution is 5.92. The van der Waals surface area contributed by atoms with E-state index < -0.39 is 0 Å². The zero-order valence-electron chi connectivity index (χ0n) is 8.73. The van der Waals surface area contributed by atoms with E-state index in [1.165, 1.54) is 4.90 Å². The van der Waals surface area contributed by atoms with Crippen molar-refractivity contribution in [2.75, 3.05) is 31.2 Å². The number of carbonyl (C=O) groups excluding carboxylic acids is 1. The number of rotatable bonds is 3. The SMILES string of the molecule is CN(CCN)C(=O)Nc1ccccc1N. The molecule has 0 radical (unpaired) electrons. The molecule has 1 rings (SSSR count). The van der Waals surface area contributed by atoms with E-state index in [0.29, 0.717) is 24.5 Å². The molecular formula is C10H16N4O. The summed E-state index contributed by atoms with van der Waals surface area (Å²) < 4.78 is 0. The summed E-state index contributed by atoms with van der Waals surface area (Å²) >= 11 is 0. The lowest BCUT2D eigenvalue weighted by atomic mass is 10.3. The first-order valence-corrected chi connectivity index (χ1v) is 4.72. The van der Waals surface area contributed by atoms with Gasteiger partial charge < -0.3 is 21.7 Å². The van der Waals surface area contributed by atoms with Gasteiger partial charge in [-0.25, -0.2) is 4.79 Å². The molecule has 1 aromatic carbocycles. The fourth-order valence-electron chi connectivity index (χ4n) is 1.12. The quantitative estimate of drug-likeness (QED) is 0.639. The number of nitrogens with zero attached hydrogens (tertiary/aromatic N) is 1. The van der Waals surface area contributed by atoms with Crippen LogP contribution < -0.4 is 16.8 Å². The van der Waals surface area contributed by atoms with Crippen molar-refractivity contribution in [1.29, 1.82) is 0 Å². The van der Waals surface area contributed by atoms with Crippen molar-refractivity contribution >= 4 is 17.4 Å². The molecule has 1 aromatic rings. The summed E-state index contributed by atoms with van der Waals surface area (Å²) in [6, 6.07) is 6.91. The highest BCUT2D eigenvalue weighted by atomic mass is 16.2. The van der Waals surface area contributed by atoms with E-state index in [-0.39, 0.29) is 6.03 Å². The van der Waals surface area contributed by atoms with Crippen LogP contribution in [-0.2, 0) is 0 Å². The van der Waals surface area contributed by atoms with E-state index in [1.54, 1.807) is 19.2 Å². The smallest absolute Gasteiger partial charge is 0.321 e. The lowest BCUT2D eigenvalue weighted by Gasteiger charge is -2.17. The van der Waals surface area contributed by atoms with Gasteiger partial charge in [-0.2, -0.15) is 0 Å². The van der Waals surface area contributed by atoms with Gasteiger partial charge in [-0.3, -0.25) is 0 Å². The first-order valence-electron chi connectivity index (χ1n) is 4.72. The largest absolute Gasteiger partial charge is 0.397 e. The van der Waals surface area contributed by atoms with E-state index in [9.17, 15) is 4.79 Å². The third kappa shape index (κ3) is 3.14. The monoisotopic (exact) mass is 208 g/mol. The Morgan fingerprint density at radius 1 is 1.47 bits per heavy atom. The van der Waals surface area contributed by atoms with Crippen LogP contribution in [0.15, 0.2) is 24.3 Å². The molecule has 0 aliphatic carbocycles. The summed E-state index contributed by atoms with van der Waals surface area (Å²) in [5.74, 6) is 0. The standard InChI is InChI=1S/C10H16N4O/c1-14(7-6-11)10(15)13-9-5-3-2-4-8(9)12/h2-5H,6-7,11-12H2,1H3,(H,13,15). The normalized spacial score (nSPS) is 9.73. The molecule has 5 nitrogen and oxygen atoms in total. The Balaban J connectivity index is 2.62. The number of hydrogen-bond acceptors (Lipinski definition) is 3. The molecule has 0 aromatic heterocycles. The van der Waals surface area contributed by atoms with E-state index in [1.807, 2.05) is 12.1 Å². The van der Waals surface area contributed by atoms with Crippen LogP contribution in [-0.4, -0.2) is 31.1 Å². The lowest BCUT2D eigenvalue weighted by molar-refractivity contribution is 0.223. The minimum Gasteiger partial charge on any atom is -0.397 e. The molecule has 0 bridgehead atoms. The van der Waals surface area contributed by atoms with E-state index in [4.69, 9.17) is 11.5 Å². The molecule has 15 heavy (non-hydrogen) atoms. The van der Waals surface area contributed by atoms with Crippen molar-refractivity contribution in [3.05, 3.63) is 24.3 Å². The minimum atomic E-state index is -0.210. The number of para-hydroxylation sites is 2. The van der Waals surface area contributed by atoms with Gasteiger partial charge in [-0.05, 0) is 12.1 Å². The van der Waals surface area contributed by atoms with Gasteiger partial charge in [0.2, 0.25) is 0 Å². The molecule has 0 unspecified atom stereocenters. The third-order valence-electron chi connectivity index (χ3n) is 2.01. The van der Waals surface area contributed by atoms with Gasteiger partial charge in [0.05, 0.1) is 11.4 Å². The minimum absolute atomic E-state index is 0.210. The molecule has 0 saturated heterocycles. The van der Waals surface area contributed by atoms with Crippen molar-refractivity contribution in [2.24, 2.45) is 5.73 Å². The second kappa shape index (κ2) is 5.21. The maximum Gasteiger partial charge on any atom is 0.321 e. The molecule has 0 aliphatic heterocycles. The molecule has 0 saturated carbocycles. The predicted octanol–water partition coefficient (Wildman–Crippen LogP) is 0.691. The number of amides is 2. The Kier molecular flexibility index (Phi) is 3.93. The Labute approximate surface area is 89.0 Å². The Bertz CT molecular complexity index is 340. The summed E-state index contributed by atoms with van der Waals surface area (Å²) in [6.07, 6.45) is 0. The van der Waals surface area contributed by atoms with E-state index >= 15 is 0 Å². The summed E-state index contributed by atoms with van der Waals surface area (Å²) in [7, 11) is 1.68. The average molecular weight is 208 g/mol. The van der Waals surface area contributed by atoms with Crippen molar-refractivity contribution in [3.63, 3.8) is 0 Å². The molecule has 0 atom stereocenters. The van der Waals surface area contributed by atoms with Crippen LogP contribution in [0.3, 0.4) is 0 Å². The Morgan fingerprint density at radius 3 is 2.73 bits per heavy atom. The fraction of sp³-hybridized carbons (Fsp3) is 0.300. The molecule has 0 heterocycles. The maximum absolute atomic E-state index is 11.6. The Hall–Kier alpha value is -1.75. The topological polar surface area (TPSA) is 84.4 Å². The molecule has 82 valence electrons. The lowest BCUT2D eigenvalue weighted by Crippen LogP contribution is -2.35. The van der Waals surface area contributed by atoms with Crippen molar-refractivity contribution in [3.8, 4) is 0 Å². The molecular weight excluding hydrogens is 192 g/mol. The zero-order valence-corrected chi connectivity index (χ0v) is 8.73. The maximum atomic E-state index is 11.6. The van der Waals surface area contributed by atoms with Gasteiger partial charge in [0, 0.05) is 20.1 Å². The van der Waals surface area contributed by atoms with Crippen LogP contribution >= 0.6 is 0 Å². The summed E-state index contributed by atoms with van der Waals surface area (Å²) in [4.78, 5) is 13.1. The third-order valence-corrected chi connectivity index (χ3v) is 2.01. The molecule has 0 spiro atoms. The van der Waals surface area contributed by atoms with Crippen LogP contribution in [0.5, 0.6) is 0 Å². The number of nitrogen functional groups attached to an aromatic ring is 1. The first kappa shape index (κ1) is 11.3. The van der Waals surface area contributed by atoms with Gasteiger partial charge in [0.1, 0.15) is 0 Å². The highest BCUT2D eigenvalue weighted by Crippen LogP contribution is 2.16.